The Kier molecular flexibility index (Phi) is 20.3. The second kappa shape index (κ2) is 21.8. The number of fused-ring (bicyclic) bond motifs is 1. The monoisotopic (exact) mass is 592 g/mol. The molecule has 0 bridgehead atoms. The molecule has 2 aromatic rings. The van der Waals surface area contributed by atoms with E-state index in [2.05, 4.69) is 55.8 Å². The Morgan fingerprint density at radius 2 is 1.44 bits per heavy atom. The Morgan fingerprint density at radius 3 is 1.98 bits per heavy atom. The van der Waals surface area contributed by atoms with Crippen LogP contribution in [0.5, 0.6) is 0 Å². The normalized spacial score (nSPS) is 12.7. The summed E-state index contributed by atoms with van der Waals surface area (Å²) in [4.78, 5) is 17.8. The van der Waals surface area contributed by atoms with Gasteiger partial charge in [-0.25, -0.2) is 8.96 Å². The van der Waals surface area contributed by atoms with Gasteiger partial charge in [0.1, 0.15) is 12.6 Å². The SMILES string of the molecule is C=O.CC.CCC1=C(C)/C(=C/c2ccc(C)cc2)c2ccc(F)cc21.CCOP(=O)(OCC)OCCCCOC=O. The summed E-state index contributed by atoms with van der Waals surface area (Å²) in [6, 6.07) is 13.6. The average Bonchev–Trinajstić information content (AvgIpc) is 3.23. The third kappa shape index (κ3) is 13.1. The van der Waals surface area contributed by atoms with Crippen molar-refractivity contribution < 1.29 is 36.9 Å². The number of benzene rings is 2. The smallest absolute Gasteiger partial charge is 0.468 e. The van der Waals surface area contributed by atoms with Gasteiger partial charge in [0.2, 0.25) is 0 Å². The number of hydrogen-bond acceptors (Lipinski definition) is 7. The Bertz CT molecular complexity index is 1130. The van der Waals surface area contributed by atoms with Gasteiger partial charge in [-0.3, -0.25) is 18.4 Å². The molecule has 9 heteroatoms. The molecular formula is C32H46FO7P. The lowest BCUT2D eigenvalue weighted by Gasteiger charge is -2.15. The van der Waals surface area contributed by atoms with Crippen molar-refractivity contribution in [2.75, 3.05) is 26.4 Å². The van der Waals surface area contributed by atoms with Crippen LogP contribution in [0.3, 0.4) is 0 Å². The van der Waals surface area contributed by atoms with Crippen LogP contribution in [0.25, 0.3) is 17.2 Å². The zero-order chi connectivity index (χ0) is 31.3. The van der Waals surface area contributed by atoms with E-state index in [0.717, 1.165) is 17.5 Å². The van der Waals surface area contributed by atoms with E-state index in [0.29, 0.717) is 25.9 Å². The fourth-order valence-electron chi connectivity index (χ4n) is 3.98. The van der Waals surface area contributed by atoms with Crippen LogP contribution in [0.1, 0.15) is 83.1 Å². The number of aryl methyl sites for hydroxylation is 1. The Balaban J connectivity index is 0.000000721. The number of phosphoric acid groups is 1. The predicted molar refractivity (Wildman–Crippen MR) is 165 cm³/mol. The highest BCUT2D eigenvalue weighted by Gasteiger charge is 2.25. The molecule has 228 valence electrons. The molecule has 2 aromatic carbocycles. The highest BCUT2D eigenvalue weighted by Crippen LogP contribution is 2.49. The summed E-state index contributed by atoms with van der Waals surface area (Å²) in [5, 5.41) is 0. The van der Waals surface area contributed by atoms with Gasteiger partial charge >= 0.3 is 7.82 Å². The maximum absolute atomic E-state index is 13.6. The topological polar surface area (TPSA) is 88.1 Å². The molecule has 0 heterocycles. The fourth-order valence-corrected chi connectivity index (χ4v) is 5.19. The van der Waals surface area contributed by atoms with Crippen LogP contribution < -0.4 is 0 Å². The average molecular weight is 593 g/mol. The lowest BCUT2D eigenvalue weighted by atomic mass is 10.0. The van der Waals surface area contributed by atoms with Crippen LogP contribution in [0.2, 0.25) is 0 Å². The summed E-state index contributed by atoms with van der Waals surface area (Å²) in [7, 11) is -3.39. The molecule has 0 aromatic heterocycles. The first-order valence-corrected chi connectivity index (χ1v) is 15.4. The molecule has 0 radical (unpaired) electrons. The largest absolute Gasteiger partial charge is 0.474 e. The summed E-state index contributed by atoms with van der Waals surface area (Å²) in [5.74, 6) is -0.163. The van der Waals surface area contributed by atoms with E-state index in [1.165, 1.54) is 27.8 Å². The molecule has 0 saturated carbocycles. The lowest BCUT2D eigenvalue weighted by molar-refractivity contribution is -0.128. The van der Waals surface area contributed by atoms with Crippen LogP contribution >= 0.6 is 7.82 Å². The van der Waals surface area contributed by atoms with Gasteiger partial charge in [-0.15, -0.1) is 0 Å². The minimum atomic E-state index is -3.39. The predicted octanol–water partition coefficient (Wildman–Crippen LogP) is 8.85. The molecule has 1 aliphatic rings. The quantitative estimate of drug-likeness (QED) is 0.130. The first-order chi connectivity index (χ1) is 19.8. The van der Waals surface area contributed by atoms with Crippen LogP contribution in [-0.4, -0.2) is 39.7 Å². The van der Waals surface area contributed by atoms with Crippen LogP contribution in [0, 0.1) is 12.7 Å². The van der Waals surface area contributed by atoms with Gasteiger partial charge in [-0.2, -0.15) is 0 Å². The molecule has 0 spiro atoms. The molecule has 0 aliphatic heterocycles. The fraction of sp³-hybridized carbons (Fsp3) is 0.438. The number of phosphoric ester groups is 1. The molecule has 1 aliphatic carbocycles. The number of hydrogen-bond donors (Lipinski definition) is 0. The maximum atomic E-state index is 13.6. The van der Waals surface area contributed by atoms with Gasteiger partial charge in [-0.1, -0.05) is 56.7 Å². The summed E-state index contributed by atoms with van der Waals surface area (Å²) in [5.41, 5.74) is 8.36. The van der Waals surface area contributed by atoms with E-state index in [1.54, 1.807) is 26.0 Å². The highest BCUT2D eigenvalue weighted by molar-refractivity contribution is 7.48. The second-order valence-electron chi connectivity index (χ2n) is 8.41. The van der Waals surface area contributed by atoms with Gasteiger partial charge in [0.05, 0.1) is 26.4 Å². The summed E-state index contributed by atoms with van der Waals surface area (Å²) >= 11 is 0. The van der Waals surface area contributed by atoms with Crippen molar-refractivity contribution in [3.63, 3.8) is 0 Å². The van der Waals surface area contributed by atoms with Crippen molar-refractivity contribution in [3.8, 4) is 0 Å². The third-order valence-corrected chi connectivity index (χ3v) is 7.39. The molecular weight excluding hydrogens is 546 g/mol. The minimum absolute atomic E-state index is 0.163. The Morgan fingerprint density at radius 1 is 0.854 bits per heavy atom. The highest BCUT2D eigenvalue weighted by atomic mass is 31.2. The summed E-state index contributed by atoms with van der Waals surface area (Å²) in [6.07, 6.45) is 4.40. The Hall–Kier alpha value is -2.90. The van der Waals surface area contributed by atoms with Crippen LogP contribution in [0.4, 0.5) is 4.39 Å². The molecule has 0 amide bonds. The van der Waals surface area contributed by atoms with Crippen molar-refractivity contribution in [1.29, 1.82) is 0 Å². The number of halogens is 1. The second-order valence-corrected chi connectivity index (χ2v) is 10.1. The van der Waals surface area contributed by atoms with E-state index < -0.39 is 7.82 Å². The number of carbonyl (C=O) groups is 2. The van der Waals surface area contributed by atoms with E-state index >= 15 is 0 Å². The van der Waals surface area contributed by atoms with Crippen molar-refractivity contribution in [2.45, 2.75) is 67.7 Å². The molecule has 0 fully saturated rings. The van der Waals surface area contributed by atoms with E-state index in [4.69, 9.17) is 18.4 Å². The van der Waals surface area contributed by atoms with Gasteiger partial charge in [0.25, 0.3) is 6.47 Å². The molecule has 0 N–H and O–H groups in total. The van der Waals surface area contributed by atoms with Crippen molar-refractivity contribution >= 4 is 38.3 Å². The van der Waals surface area contributed by atoms with Gasteiger partial charge in [-0.05, 0) is 98.6 Å². The van der Waals surface area contributed by atoms with E-state index in [1.807, 2.05) is 26.7 Å². The van der Waals surface area contributed by atoms with Gasteiger partial charge in [0.15, 0.2) is 0 Å². The van der Waals surface area contributed by atoms with E-state index in [-0.39, 0.29) is 25.6 Å². The first-order valence-electron chi connectivity index (χ1n) is 13.9. The number of allylic oxidation sites excluding steroid dienone is 3. The molecule has 0 unspecified atom stereocenters. The van der Waals surface area contributed by atoms with Crippen molar-refractivity contribution in [3.05, 3.63) is 76.1 Å². The first kappa shape index (κ1) is 38.1. The maximum Gasteiger partial charge on any atom is 0.474 e. The number of rotatable bonds is 13. The number of unbranched alkanes of at least 4 members (excludes halogenated alkanes) is 1. The minimum Gasteiger partial charge on any atom is -0.468 e. The van der Waals surface area contributed by atoms with Crippen molar-refractivity contribution in [2.24, 2.45) is 0 Å². The lowest BCUT2D eigenvalue weighted by Crippen LogP contribution is -2.02. The molecule has 3 rings (SSSR count). The zero-order valence-corrected chi connectivity index (χ0v) is 26.4. The van der Waals surface area contributed by atoms with Crippen LogP contribution in [0.15, 0.2) is 48.0 Å². The molecule has 0 atom stereocenters. The molecule has 7 nitrogen and oxygen atoms in total. The zero-order valence-electron chi connectivity index (χ0n) is 25.5. The van der Waals surface area contributed by atoms with E-state index in [9.17, 15) is 13.8 Å². The molecule has 0 saturated heterocycles. The van der Waals surface area contributed by atoms with Gasteiger partial charge < -0.3 is 9.53 Å². The third-order valence-electron chi connectivity index (χ3n) is 5.74. The number of carbonyl (C=O) groups excluding carboxylic acids is 2. The standard InChI is InChI=1S/C20H19F.C9H19O6P.C2H6.CH2O/c1-4-17-14(3)19(11-15-7-5-13(2)6-8-15)18-10-9-16(21)12-20(17)18;1-3-13-16(11,14-4-2)15-8-6-5-7-12-9-10;2*1-2/h5-12H,4H2,1-3H3;9H,3-8H2,1-2H3;1-2H3;1H2/b19-11-;;;. The van der Waals surface area contributed by atoms with Crippen LogP contribution in [-0.2, 0) is 32.5 Å². The Labute approximate surface area is 245 Å². The number of ether oxygens (including phenoxy) is 1. The van der Waals surface area contributed by atoms with Crippen molar-refractivity contribution in [1.82, 2.24) is 0 Å². The molecule has 41 heavy (non-hydrogen) atoms. The summed E-state index contributed by atoms with van der Waals surface area (Å²) < 4.78 is 44.7. The summed E-state index contributed by atoms with van der Waals surface area (Å²) in [6.45, 7) is 17.3. The van der Waals surface area contributed by atoms with Gasteiger partial charge in [0, 0.05) is 0 Å².